The van der Waals surface area contributed by atoms with Crippen LogP contribution in [0.3, 0.4) is 0 Å². The third-order valence-electron chi connectivity index (χ3n) is 3.71. The Morgan fingerprint density at radius 3 is 2.76 bits per heavy atom. The van der Waals surface area contributed by atoms with Crippen molar-refractivity contribution < 1.29 is 0 Å². The van der Waals surface area contributed by atoms with Gasteiger partial charge in [0.1, 0.15) is 0 Å². The molecule has 0 spiro atoms. The highest BCUT2D eigenvalue weighted by molar-refractivity contribution is 7.16. The molecule has 1 aliphatic carbocycles. The SMILES string of the molecule is CCCNC(Cc1ccc(Cl)s1)C(C)C1CC1. The van der Waals surface area contributed by atoms with Crippen LogP contribution in [0.15, 0.2) is 12.1 Å². The molecule has 0 aromatic carbocycles. The zero-order valence-electron chi connectivity index (χ0n) is 10.7. The molecular weight excluding hydrogens is 250 g/mol. The average molecular weight is 272 g/mol. The lowest BCUT2D eigenvalue weighted by atomic mass is 9.93. The Bertz CT molecular complexity index is 346. The van der Waals surface area contributed by atoms with Crippen LogP contribution in [-0.4, -0.2) is 12.6 Å². The summed E-state index contributed by atoms with van der Waals surface area (Å²) in [6, 6.07) is 4.81. The van der Waals surface area contributed by atoms with Gasteiger partial charge in [-0.05, 0) is 56.2 Å². The highest BCUT2D eigenvalue weighted by atomic mass is 35.5. The first-order valence-electron chi connectivity index (χ1n) is 6.68. The van der Waals surface area contributed by atoms with E-state index in [2.05, 4.69) is 25.2 Å². The number of hydrogen-bond acceptors (Lipinski definition) is 2. The van der Waals surface area contributed by atoms with E-state index >= 15 is 0 Å². The fraction of sp³-hybridized carbons (Fsp3) is 0.714. The summed E-state index contributed by atoms with van der Waals surface area (Å²) in [4.78, 5) is 1.41. The molecule has 2 unspecified atom stereocenters. The Balaban J connectivity index is 1.93. The predicted octanol–water partition coefficient (Wildman–Crippen LogP) is 4.36. The van der Waals surface area contributed by atoms with Crippen molar-refractivity contribution in [2.24, 2.45) is 11.8 Å². The topological polar surface area (TPSA) is 12.0 Å². The van der Waals surface area contributed by atoms with Crippen molar-refractivity contribution in [1.29, 1.82) is 0 Å². The average Bonchev–Trinajstić information content (AvgIpc) is 3.08. The highest BCUT2D eigenvalue weighted by Gasteiger charge is 2.33. The monoisotopic (exact) mass is 271 g/mol. The normalized spacial score (nSPS) is 19.2. The first-order chi connectivity index (χ1) is 8.20. The fourth-order valence-corrected chi connectivity index (χ4v) is 3.55. The van der Waals surface area contributed by atoms with Gasteiger partial charge in [-0.2, -0.15) is 0 Å². The molecule has 3 heteroatoms. The van der Waals surface area contributed by atoms with Crippen LogP contribution in [0.4, 0.5) is 0 Å². The molecule has 1 N–H and O–H groups in total. The summed E-state index contributed by atoms with van der Waals surface area (Å²) in [7, 11) is 0. The van der Waals surface area contributed by atoms with Gasteiger partial charge in [0.25, 0.3) is 0 Å². The van der Waals surface area contributed by atoms with E-state index in [1.165, 1.54) is 24.1 Å². The van der Waals surface area contributed by atoms with E-state index < -0.39 is 0 Å². The third kappa shape index (κ3) is 3.97. The Labute approximate surface area is 114 Å². The highest BCUT2D eigenvalue weighted by Crippen LogP contribution is 2.39. The summed E-state index contributed by atoms with van der Waals surface area (Å²) in [5.41, 5.74) is 0. The van der Waals surface area contributed by atoms with Crippen molar-refractivity contribution in [3.8, 4) is 0 Å². The molecule has 2 atom stereocenters. The molecule has 1 saturated carbocycles. The minimum absolute atomic E-state index is 0.622. The molecule has 1 aliphatic rings. The van der Waals surface area contributed by atoms with Crippen LogP contribution in [0.5, 0.6) is 0 Å². The Kier molecular flexibility index (Phi) is 4.89. The molecule has 1 nitrogen and oxygen atoms in total. The van der Waals surface area contributed by atoms with E-state index in [9.17, 15) is 0 Å². The second kappa shape index (κ2) is 6.21. The Hall–Kier alpha value is -0.0500. The second-order valence-electron chi connectivity index (χ2n) is 5.17. The summed E-state index contributed by atoms with van der Waals surface area (Å²) in [5.74, 6) is 1.75. The van der Waals surface area contributed by atoms with E-state index in [4.69, 9.17) is 11.6 Å². The number of rotatable bonds is 7. The molecule has 0 bridgehead atoms. The van der Waals surface area contributed by atoms with Crippen LogP contribution in [0.25, 0.3) is 0 Å². The molecule has 1 heterocycles. The van der Waals surface area contributed by atoms with Gasteiger partial charge in [0, 0.05) is 10.9 Å². The van der Waals surface area contributed by atoms with Gasteiger partial charge in [0.05, 0.1) is 4.34 Å². The lowest BCUT2D eigenvalue weighted by Crippen LogP contribution is -2.38. The van der Waals surface area contributed by atoms with E-state index in [1.807, 2.05) is 6.07 Å². The Morgan fingerprint density at radius 1 is 1.47 bits per heavy atom. The lowest BCUT2D eigenvalue weighted by molar-refractivity contribution is 0.341. The molecule has 1 aromatic rings. The maximum Gasteiger partial charge on any atom is 0.0931 e. The number of hydrogen-bond donors (Lipinski definition) is 1. The summed E-state index contributed by atoms with van der Waals surface area (Å²) in [5, 5.41) is 3.71. The van der Waals surface area contributed by atoms with Crippen LogP contribution in [0, 0.1) is 11.8 Å². The van der Waals surface area contributed by atoms with Crippen molar-refractivity contribution in [2.45, 2.75) is 45.6 Å². The van der Waals surface area contributed by atoms with Gasteiger partial charge < -0.3 is 5.32 Å². The van der Waals surface area contributed by atoms with Gasteiger partial charge in [0.2, 0.25) is 0 Å². The van der Waals surface area contributed by atoms with Gasteiger partial charge >= 0.3 is 0 Å². The van der Waals surface area contributed by atoms with Crippen molar-refractivity contribution >= 4 is 22.9 Å². The molecule has 0 radical (unpaired) electrons. The quantitative estimate of drug-likeness (QED) is 0.777. The van der Waals surface area contributed by atoms with Crippen LogP contribution >= 0.6 is 22.9 Å². The van der Waals surface area contributed by atoms with E-state index in [0.29, 0.717) is 6.04 Å². The van der Waals surface area contributed by atoms with Gasteiger partial charge in [-0.1, -0.05) is 25.4 Å². The zero-order chi connectivity index (χ0) is 12.3. The first kappa shape index (κ1) is 13.4. The number of nitrogens with one attached hydrogen (secondary N) is 1. The third-order valence-corrected chi connectivity index (χ3v) is 4.96. The largest absolute Gasteiger partial charge is 0.313 e. The van der Waals surface area contributed by atoms with Gasteiger partial charge in [-0.15, -0.1) is 11.3 Å². The van der Waals surface area contributed by atoms with Crippen LogP contribution in [0.1, 0.15) is 38.0 Å². The van der Waals surface area contributed by atoms with E-state index in [-0.39, 0.29) is 0 Å². The maximum atomic E-state index is 6.00. The maximum absolute atomic E-state index is 6.00. The minimum atomic E-state index is 0.622. The molecule has 0 aliphatic heterocycles. The number of halogens is 1. The molecule has 0 amide bonds. The van der Waals surface area contributed by atoms with E-state index in [1.54, 1.807) is 11.3 Å². The minimum Gasteiger partial charge on any atom is -0.313 e. The summed E-state index contributed by atoms with van der Waals surface area (Å²) < 4.78 is 0.910. The lowest BCUT2D eigenvalue weighted by Gasteiger charge is -2.24. The fourth-order valence-electron chi connectivity index (χ4n) is 2.40. The van der Waals surface area contributed by atoms with Gasteiger partial charge in [-0.25, -0.2) is 0 Å². The second-order valence-corrected chi connectivity index (χ2v) is 6.97. The first-order valence-corrected chi connectivity index (χ1v) is 7.87. The molecule has 2 rings (SSSR count). The van der Waals surface area contributed by atoms with Crippen LogP contribution in [0.2, 0.25) is 4.34 Å². The van der Waals surface area contributed by atoms with Gasteiger partial charge in [-0.3, -0.25) is 0 Å². The number of thiophene rings is 1. The standard InChI is InChI=1S/C14H22ClNS/c1-3-8-16-13(10(2)11-4-5-11)9-12-6-7-14(15)17-12/h6-7,10-11,13,16H,3-5,8-9H2,1-2H3. The smallest absolute Gasteiger partial charge is 0.0931 e. The van der Waals surface area contributed by atoms with Gasteiger partial charge in [0.15, 0.2) is 0 Å². The van der Waals surface area contributed by atoms with E-state index in [0.717, 1.165) is 29.1 Å². The molecule has 17 heavy (non-hydrogen) atoms. The predicted molar refractivity (Wildman–Crippen MR) is 77.0 cm³/mol. The summed E-state index contributed by atoms with van der Waals surface area (Å²) in [6.07, 6.45) is 5.20. The summed E-state index contributed by atoms with van der Waals surface area (Å²) in [6.45, 7) is 5.76. The molecule has 96 valence electrons. The summed E-state index contributed by atoms with van der Waals surface area (Å²) >= 11 is 7.73. The van der Waals surface area contributed by atoms with Crippen molar-refractivity contribution in [3.63, 3.8) is 0 Å². The van der Waals surface area contributed by atoms with Crippen molar-refractivity contribution in [2.75, 3.05) is 6.54 Å². The van der Waals surface area contributed by atoms with Crippen LogP contribution < -0.4 is 5.32 Å². The molecular formula is C14H22ClNS. The molecule has 1 aromatic heterocycles. The molecule has 0 saturated heterocycles. The molecule has 1 fully saturated rings. The van der Waals surface area contributed by atoms with Crippen LogP contribution in [-0.2, 0) is 6.42 Å². The van der Waals surface area contributed by atoms with Crippen molar-refractivity contribution in [3.05, 3.63) is 21.3 Å². The van der Waals surface area contributed by atoms with Crippen molar-refractivity contribution in [1.82, 2.24) is 5.32 Å². The zero-order valence-corrected chi connectivity index (χ0v) is 12.3. The Morgan fingerprint density at radius 2 is 2.24 bits per heavy atom.